The molecule has 1 saturated heterocycles. The van der Waals surface area contributed by atoms with E-state index in [9.17, 15) is 12.8 Å². The molecule has 0 bridgehead atoms. The van der Waals surface area contributed by atoms with Crippen molar-refractivity contribution in [3.05, 3.63) is 41.8 Å². The van der Waals surface area contributed by atoms with Gasteiger partial charge in [0.15, 0.2) is 5.82 Å². The summed E-state index contributed by atoms with van der Waals surface area (Å²) < 4.78 is 45.5. The summed E-state index contributed by atoms with van der Waals surface area (Å²) in [6.45, 7) is 2.29. The van der Waals surface area contributed by atoms with Gasteiger partial charge in [0.1, 0.15) is 10.7 Å². The van der Waals surface area contributed by atoms with E-state index in [1.165, 1.54) is 22.5 Å². The van der Waals surface area contributed by atoms with Crippen molar-refractivity contribution in [1.82, 2.24) is 14.4 Å². The van der Waals surface area contributed by atoms with Crippen LogP contribution in [0, 0.1) is 12.7 Å². The fourth-order valence-electron chi connectivity index (χ4n) is 2.63. The molecule has 0 saturated carbocycles. The summed E-state index contributed by atoms with van der Waals surface area (Å²) in [6, 6.07) is 5.41. The van der Waals surface area contributed by atoms with Gasteiger partial charge >= 0.3 is 0 Å². The second kappa shape index (κ2) is 5.77. The van der Waals surface area contributed by atoms with Crippen LogP contribution in [0.15, 0.2) is 33.7 Å². The Morgan fingerprint density at radius 2 is 2.14 bits per heavy atom. The number of rotatable bonds is 3. The Morgan fingerprint density at radius 1 is 1.36 bits per heavy atom. The Hall–Kier alpha value is -1.80. The van der Waals surface area contributed by atoms with Crippen molar-refractivity contribution >= 4 is 10.0 Å². The largest absolute Gasteiger partial charge is 0.339 e. The van der Waals surface area contributed by atoms with Crippen LogP contribution < -0.4 is 0 Å². The van der Waals surface area contributed by atoms with Crippen molar-refractivity contribution in [2.24, 2.45) is 0 Å². The van der Waals surface area contributed by atoms with Gasteiger partial charge in [-0.1, -0.05) is 17.3 Å². The Morgan fingerprint density at radius 3 is 2.82 bits per heavy atom. The molecule has 0 spiro atoms. The number of aryl methyl sites for hydroxylation is 1. The normalized spacial score (nSPS) is 20.2. The van der Waals surface area contributed by atoms with E-state index < -0.39 is 15.8 Å². The Bertz CT molecular complexity index is 775. The van der Waals surface area contributed by atoms with Gasteiger partial charge in [-0.15, -0.1) is 0 Å². The lowest BCUT2D eigenvalue weighted by Gasteiger charge is -2.30. The van der Waals surface area contributed by atoms with Crippen LogP contribution in [-0.4, -0.2) is 36.0 Å². The lowest BCUT2D eigenvalue weighted by Crippen LogP contribution is -2.39. The molecule has 22 heavy (non-hydrogen) atoms. The van der Waals surface area contributed by atoms with Crippen LogP contribution in [0.2, 0.25) is 0 Å². The highest BCUT2D eigenvalue weighted by molar-refractivity contribution is 7.89. The predicted octanol–water partition coefficient (Wildman–Crippen LogP) is 2.09. The van der Waals surface area contributed by atoms with Crippen molar-refractivity contribution < 1.29 is 17.3 Å². The molecule has 1 aliphatic rings. The van der Waals surface area contributed by atoms with E-state index in [-0.39, 0.29) is 17.4 Å². The third kappa shape index (κ3) is 2.76. The smallest absolute Gasteiger partial charge is 0.246 e. The molecule has 0 N–H and O–H groups in total. The zero-order valence-electron chi connectivity index (χ0n) is 12.1. The topological polar surface area (TPSA) is 76.3 Å². The van der Waals surface area contributed by atoms with E-state index in [4.69, 9.17) is 4.52 Å². The van der Waals surface area contributed by atoms with Gasteiger partial charge in [-0.3, -0.25) is 0 Å². The van der Waals surface area contributed by atoms with Gasteiger partial charge in [0.2, 0.25) is 15.9 Å². The van der Waals surface area contributed by atoms with Crippen molar-refractivity contribution in [1.29, 1.82) is 0 Å². The highest BCUT2D eigenvalue weighted by Gasteiger charge is 2.34. The quantitative estimate of drug-likeness (QED) is 0.863. The molecule has 1 unspecified atom stereocenters. The van der Waals surface area contributed by atoms with Gasteiger partial charge in [0.05, 0.1) is 5.92 Å². The maximum atomic E-state index is 13.8. The van der Waals surface area contributed by atoms with Crippen molar-refractivity contribution in [2.45, 2.75) is 30.6 Å². The van der Waals surface area contributed by atoms with Crippen molar-refractivity contribution in [3.63, 3.8) is 0 Å². The van der Waals surface area contributed by atoms with E-state index in [0.29, 0.717) is 24.7 Å². The molecule has 118 valence electrons. The first-order valence-corrected chi connectivity index (χ1v) is 8.47. The molecule has 1 fully saturated rings. The van der Waals surface area contributed by atoms with Gasteiger partial charge in [0, 0.05) is 13.1 Å². The molecule has 1 aliphatic heterocycles. The Kier molecular flexibility index (Phi) is 3.96. The molecule has 0 aliphatic carbocycles. The summed E-state index contributed by atoms with van der Waals surface area (Å²) in [7, 11) is -3.86. The number of benzene rings is 1. The summed E-state index contributed by atoms with van der Waals surface area (Å²) >= 11 is 0. The van der Waals surface area contributed by atoms with E-state index in [1.807, 2.05) is 0 Å². The first-order valence-electron chi connectivity index (χ1n) is 7.03. The number of hydrogen-bond donors (Lipinski definition) is 0. The Labute approximate surface area is 128 Å². The first kappa shape index (κ1) is 15.1. The lowest BCUT2D eigenvalue weighted by atomic mass is 10.00. The number of piperidine rings is 1. The maximum Gasteiger partial charge on any atom is 0.246 e. The second-order valence-corrected chi connectivity index (χ2v) is 7.22. The summed E-state index contributed by atoms with van der Waals surface area (Å²) in [6.07, 6.45) is 1.44. The standard InChI is InChI=1S/C14H16FN3O3S/c1-10-16-14(21-17-10)11-5-4-8-18(9-11)22(19,20)13-7-3-2-6-12(13)15/h2-3,6-7,11H,4-5,8-9H2,1H3. The van der Waals surface area contributed by atoms with Gasteiger partial charge in [-0.25, -0.2) is 12.8 Å². The average Bonchev–Trinajstić information content (AvgIpc) is 2.94. The van der Waals surface area contributed by atoms with Gasteiger partial charge in [-0.2, -0.15) is 9.29 Å². The van der Waals surface area contributed by atoms with E-state index in [1.54, 1.807) is 6.92 Å². The predicted molar refractivity (Wildman–Crippen MR) is 76.2 cm³/mol. The van der Waals surface area contributed by atoms with Gasteiger partial charge in [-0.05, 0) is 31.9 Å². The van der Waals surface area contributed by atoms with E-state index in [2.05, 4.69) is 10.1 Å². The maximum absolute atomic E-state index is 13.8. The summed E-state index contributed by atoms with van der Waals surface area (Å²) in [5.74, 6) is 0.0600. The molecule has 1 atom stereocenters. The highest BCUT2D eigenvalue weighted by Crippen LogP contribution is 2.30. The lowest BCUT2D eigenvalue weighted by molar-refractivity contribution is 0.264. The number of halogens is 1. The minimum atomic E-state index is -3.86. The molecular weight excluding hydrogens is 309 g/mol. The molecule has 2 heterocycles. The second-order valence-electron chi connectivity index (χ2n) is 5.31. The summed E-state index contributed by atoms with van der Waals surface area (Å²) in [5.41, 5.74) is 0. The molecule has 0 amide bonds. The van der Waals surface area contributed by atoms with Crippen LogP contribution in [0.4, 0.5) is 4.39 Å². The zero-order chi connectivity index (χ0) is 15.7. The van der Waals surface area contributed by atoms with Crippen LogP contribution in [0.1, 0.15) is 30.5 Å². The molecule has 3 rings (SSSR count). The fourth-order valence-corrected chi connectivity index (χ4v) is 4.22. The summed E-state index contributed by atoms with van der Waals surface area (Å²) in [5, 5.41) is 3.74. The number of aromatic nitrogens is 2. The Balaban J connectivity index is 1.87. The third-order valence-electron chi connectivity index (χ3n) is 3.73. The van der Waals surface area contributed by atoms with Crippen LogP contribution in [-0.2, 0) is 10.0 Å². The molecule has 0 radical (unpaired) electrons. The molecule has 1 aromatic carbocycles. The van der Waals surface area contributed by atoms with Crippen LogP contribution >= 0.6 is 0 Å². The number of hydrogen-bond acceptors (Lipinski definition) is 5. The number of sulfonamides is 1. The van der Waals surface area contributed by atoms with Crippen LogP contribution in [0.5, 0.6) is 0 Å². The SMILES string of the molecule is Cc1noc(C2CCCN(S(=O)(=O)c3ccccc3F)C2)n1. The number of nitrogens with zero attached hydrogens (tertiary/aromatic N) is 3. The van der Waals surface area contributed by atoms with Crippen molar-refractivity contribution in [2.75, 3.05) is 13.1 Å². The monoisotopic (exact) mass is 325 g/mol. The first-order chi connectivity index (χ1) is 10.5. The third-order valence-corrected chi connectivity index (χ3v) is 5.63. The van der Waals surface area contributed by atoms with Crippen LogP contribution in [0.25, 0.3) is 0 Å². The fraction of sp³-hybridized carbons (Fsp3) is 0.429. The van der Waals surface area contributed by atoms with Crippen LogP contribution in [0.3, 0.4) is 0 Å². The molecule has 8 heteroatoms. The zero-order valence-corrected chi connectivity index (χ0v) is 12.9. The van der Waals surface area contributed by atoms with Crippen molar-refractivity contribution in [3.8, 4) is 0 Å². The average molecular weight is 325 g/mol. The molecule has 6 nitrogen and oxygen atoms in total. The molecule has 2 aromatic rings. The summed E-state index contributed by atoms with van der Waals surface area (Å²) in [4.78, 5) is 3.87. The molecular formula is C14H16FN3O3S. The van der Waals surface area contributed by atoms with E-state index >= 15 is 0 Å². The van der Waals surface area contributed by atoms with E-state index in [0.717, 1.165) is 12.5 Å². The highest BCUT2D eigenvalue weighted by atomic mass is 32.2. The minimum Gasteiger partial charge on any atom is -0.339 e. The van der Waals surface area contributed by atoms with Gasteiger partial charge < -0.3 is 4.52 Å². The molecule has 1 aromatic heterocycles. The minimum absolute atomic E-state index is 0.156. The van der Waals surface area contributed by atoms with Gasteiger partial charge in [0.25, 0.3) is 0 Å².